The topological polar surface area (TPSA) is 32.3 Å². The third kappa shape index (κ3) is 4.75. The number of hydrogen-bond acceptors (Lipinski definition) is 3. The van der Waals surface area contributed by atoms with Crippen LogP contribution in [-0.2, 0) is 0 Å². The van der Waals surface area contributed by atoms with E-state index in [1.807, 2.05) is 0 Å². The molecule has 0 amide bonds. The Morgan fingerprint density at radius 2 is 2.17 bits per heavy atom. The molecule has 0 bridgehead atoms. The highest BCUT2D eigenvalue weighted by atomic mass is 32.2. The lowest BCUT2D eigenvalue weighted by Gasteiger charge is -2.35. The molecule has 1 fully saturated rings. The molecule has 3 heteroatoms. The second kappa shape index (κ2) is 8.44. The molecule has 0 saturated heterocycles. The van der Waals surface area contributed by atoms with E-state index in [9.17, 15) is 5.11 Å². The first kappa shape index (κ1) is 16.3. The molecule has 1 rings (SSSR count). The van der Waals surface area contributed by atoms with Crippen molar-refractivity contribution in [1.29, 1.82) is 0 Å². The number of aliphatic hydroxyl groups is 1. The molecular formula is C15H31NOS. The molecule has 0 radical (unpaired) electrons. The minimum absolute atomic E-state index is 0.0351. The van der Waals surface area contributed by atoms with E-state index >= 15 is 0 Å². The summed E-state index contributed by atoms with van der Waals surface area (Å²) in [5, 5.41) is 13.3. The molecule has 1 saturated carbocycles. The van der Waals surface area contributed by atoms with Gasteiger partial charge in [-0.3, -0.25) is 0 Å². The summed E-state index contributed by atoms with van der Waals surface area (Å²) >= 11 is 2.09. The van der Waals surface area contributed by atoms with Gasteiger partial charge in [0.1, 0.15) is 0 Å². The van der Waals surface area contributed by atoms with E-state index in [1.165, 1.54) is 37.2 Å². The van der Waals surface area contributed by atoms with Gasteiger partial charge in [0.25, 0.3) is 0 Å². The molecule has 0 aromatic heterocycles. The summed E-state index contributed by atoms with van der Waals surface area (Å²) in [6.07, 6.45) is 6.30. The Bertz CT molecular complexity index is 223. The van der Waals surface area contributed by atoms with E-state index in [2.05, 4.69) is 37.8 Å². The molecule has 108 valence electrons. The lowest BCUT2D eigenvalue weighted by molar-refractivity contribution is 0.124. The fourth-order valence-corrected chi connectivity index (χ4v) is 4.35. The van der Waals surface area contributed by atoms with Crippen LogP contribution in [0.25, 0.3) is 0 Å². The van der Waals surface area contributed by atoms with Crippen molar-refractivity contribution in [2.75, 3.05) is 24.7 Å². The summed E-state index contributed by atoms with van der Waals surface area (Å²) < 4.78 is 0. The van der Waals surface area contributed by atoms with Crippen LogP contribution in [0, 0.1) is 11.8 Å². The van der Waals surface area contributed by atoms with Crippen molar-refractivity contribution in [2.24, 2.45) is 11.8 Å². The normalized spacial score (nSPS) is 28.2. The second-order valence-electron chi connectivity index (χ2n) is 6.02. The van der Waals surface area contributed by atoms with Gasteiger partial charge in [0.05, 0.1) is 6.61 Å². The van der Waals surface area contributed by atoms with E-state index < -0.39 is 0 Å². The molecule has 2 N–H and O–H groups in total. The average molecular weight is 273 g/mol. The maximum atomic E-state index is 9.72. The van der Waals surface area contributed by atoms with E-state index in [4.69, 9.17) is 0 Å². The van der Waals surface area contributed by atoms with Gasteiger partial charge in [-0.05, 0) is 55.6 Å². The molecule has 0 aliphatic heterocycles. The molecule has 0 aromatic carbocycles. The highest BCUT2D eigenvalue weighted by molar-refractivity contribution is 7.99. The van der Waals surface area contributed by atoms with Crippen molar-refractivity contribution in [1.82, 2.24) is 5.32 Å². The zero-order valence-corrected chi connectivity index (χ0v) is 13.2. The van der Waals surface area contributed by atoms with Gasteiger partial charge in [-0.15, -0.1) is 0 Å². The quantitative estimate of drug-likeness (QED) is 0.632. The number of thioether (sulfide) groups is 1. The van der Waals surface area contributed by atoms with E-state index in [-0.39, 0.29) is 5.54 Å². The van der Waals surface area contributed by atoms with Crippen LogP contribution in [0.2, 0.25) is 0 Å². The van der Waals surface area contributed by atoms with Crippen molar-refractivity contribution < 1.29 is 5.11 Å². The molecule has 0 spiro atoms. The van der Waals surface area contributed by atoms with Crippen molar-refractivity contribution in [3.8, 4) is 0 Å². The first-order valence-corrected chi connectivity index (χ1v) is 8.73. The van der Waals surface area contributed by atoms with Gasteiger partial charge >= 0.3 is 0 Å². The third-order valence-corrected chi connectivity index (χ3v) is 5.27. The Hall–Kier alpha value is 0.270. The predicted molar refractivity (Wildman–Crippen MR) is 82.2 cm³/mol. The largest absolute Gasteiger partial charge is 0.394 e. The average Bonchev–Trinajstić information content (AvgIpc) is 2.73. The Morgan fingerprint density at radius 3 is 2.78 bits per heavy atom. The van der Waals surface area contributed by atoms with Crippen LogP contribution in [0.3, 0.4) is 0 Å². The molecule has 2 atom stereocenters. The van der Waals surface area contributed by atoms with Crippen molar-refractivity contribution in [2.45, 2.75) is 58.4 Å². The monoisotopic (exact) mass is 273 g/mol. The Kier molecular flexibility index (Phi) is 7.66. The van der Waals surface area contributed by atoms with Gasteiger partial charge in [0, 0.05) is 5.54 Å². The third-order valence-electron chi connectivity index (χ3n) is 4.22. The standard InChI is InChI=1S/C15H31NOS/c1-4-16-15(12-17)9-5-6-14(15)8-11-18-10-7-13(2)3/h13-14,16-17H,4-12H2,1-3H3. The highest BCUT2D eigenvalue weighted by Crippen LogP contribution is 2.38. The molecule has 18 heavy (non-hydrogen) atoms. The minimum Gasteiger partial charge on any atom is -0.394 e. The first-order chi connectivity index (χ1) is 8.64. The summed E-state index contributed by atoms with van der Waals surface area (Å²) in [5.74, 6) is 4.04. The number of hydrogen-bond donors (Lipinski definition) is 2. The van der Waals surface area contributed by atoms with Crippen LogP contribution >= 0.6 is 11.8 Å². The lowest BCUT2D eigenvalue weighted by atomic mass is 9.86. The first-order valence-electron chi connectivity index (χ1n) is 7.58. The molecule has 0 heterocycles. The van der Waals surface area contributed by atoms with Crippen LogP contribution in [0.5, 0.6) is 0 Å². The van der Waals surface area contributed by atoms with Gasteiger partial charge < -0.3 is 10.4 Å². The molecular weight excluding hydrogens is 242 g/mol. The maximum absolute atomic E-state index is 9.72. The van der Waals surface area contributed by atoms with Crippen molar-refractivity contribution in [3.05, 3.63) is 0 Å². The number of aliphatic hydroxyl groups excluding tert-OH is 1. The van der Waals surface area contributed by atoms with Crippen LogP contribution in [-0.4, -0.2) is 35.3 Å². The van der Waals surface area contributed by atoms with Gasteiger partial charge in [0.2, 0.25) is 0 Å². The summed E-state index contributed by atoms with van der Waals surface area (Å²) in [5.41, 5.74) is 0.0351. The fourth-order valence-electron chi connectivity index (χ4n) is 3.06. The number of rotatable bonds is 9. The summed E-state index contributed by atoms with van der Waals surface area (Å²) in [7, 11) is 0. The van der Waals surface area contributed by atoms with E-state index in [1.54, 1.807) is 0 Å². The van der Waals surface area contributed by atoms with Gasteiger partial charge in [-0.25, -0.2) is 0 Å². The smallest absolute Gasteiger partial charge is 0.0616 e. The van der Waals surface area contributed by atoms with Gasteiger partial charge in [0.15, 0.2) is 0 Å². The van der Waals surface area contributed by atoms with Crippen molar-refractivity contribution in [3.63, 3.8) is 0 Å². The molecule has 1 aliphatic carbocycles. The van der Waals surface area contributed by atoms with E-state index in [0.717, 1.165) is 18.9 Å². The zero-order valence-electron chi connectivity index (χ0n) is 12.4. The number of nitrogens with one attached hydrogen (secondary N) is 1. The molecule has 1 aliphatic rings. The Morgan fingerprint density at radius 1 is 1.39 bits per heavy atom. The molecule has 2 unspecified atom stereocenters. The fraction of sp³-hybridized carbons (Fsp3) is 1.00. The summed E-state index contributed by atoms with van der Waals surface area (Å²) in [4.78, 5) is 0. The Labute approximate surface area is 117 Å². The van der Waals surface area contributed by atoms with Crippen LogP contribution in [0.4, 0.5) is 0 Å². The second-order valence-corrected chi connectivity index (χ2v) is 7.24. The van der Waals surface area contributed by atoms with Crippen molar-refractivity contribution >= 4 is 11.8 Å². The Balaban J connectivity index is 2.27. The summed E-state index contributed by atoms with van der Waals surface area (Å²) in [6, 6.07) is 0. The highest BCUT2D eigenvalue weighted by Gasteiger charge is 2.40. The summed E-state index contributed by atoms with van der Waals surface area (Å²) in [6.45, 7) is 8.00. The van der Waals surface area contributed by atoms with Crippen LogP contribution in [0.15, 0.2) is 0 Å². The van der Waals surface area contributed by atoms with Crippen LogP contribution in [0.1, 0.15) is 52.9 Å². The lowest BCUT2D eigenvalue weighted by Crippen LogP contribution is -2.51. The predicted octanol–water partition coefficient (Wildman–Crippen LogP) is 3.30. The molecule has 2 nitrogen and oxygen atoms in total. The molecule has 0 aromatic rings. The van der Waals surface area contributed by atoms with E-state index in [0.29, 0.717) is 12.5 Å². The van der Waals surface area contributed by atoms with Crippen LogP contribution < -0.4 is 5.32 Å². The van der Waals surface area contributed by atoms with Gasteiger partial charge in [-0.2, -0.15) is 11.8 Å². The maximum Gasteiger partial charge on any atom is 0.0616 e. The SMILES string of the molecule is CCNC1(CO)CCCC1CCSCCC(C)C. The minimum atomic E-state index is 0.0351. The number of likely N-dealkylation sites (N-methyl/N-ethyl adjacent to an activating group) is 1. The van der Waals surface area contributed by atoms with Gasteiger partial charge in [-0.1, -0.05) is 27.2 Å². The zero-order chi connectivity index (χ0) is 13.4.